The van der Waals surface area contributed by atoms with Crippen molar-refractivity contribution in [3.8, 4) is 0 Å². The van der Waals surface area contributed by atoms with Crippen molar-refractivity contribution in [3.63, 3.8) is 0 Å². The summed E-state index contributed by atoms with van der Waals surface area (Å²) in [6.07, 6.45) is 3.23. The Morgan fingerprint density at radius 3 is 2.69 bits per heavy atom. The summed E-state index contributed by atoms with van der Waals surface area (Å²) >= 11 is 0. The van der Waals surface area contributed by atoms with E-state index < -0.39 is 0 Å². The van der Waals surface area contributed by atoms with Crippen LogP contribution in [0.3, 0.4) is 0 Å². The number of piperidine rings is 1. The van der Waals surface area contributed by atoms with Gasteiger partial charge in [-0.3, -0.25) is 10.1 Å². The van der Waals surface area contributed by atoms with E-state index in [2.05, 4.69) is 15.7 Å². The van der Waals surface area contributed by atoms with Gasteiger partial charge in [-0.1, -0.05) is 12.1 Å². The van der Waals surface area contributed by atoms with E-state index in [1.807, 2.05) is 35.9 Å². The number of nitrogens with one attached hydrogen (secondary N) is 2. The third-order valence-electron chi connectivity index (χ3n) is 4.53. The van der Waals surface area contributed by atoms with E-state index >= 15 is 0 Å². The molecule has 1 aliphatic heterocycles. The van der Waals surface area contributed by atoms with Gasteiger partial charge < -0.3 is 16.0 Å². The van der Waals surface area contributed by atoms with Gasteiger partial charge in [0.05, 0.1) is 18.8 Å². The molecule has 0 aliphatic carbocycles. The van der Waals surface area contributed by atoms with Gasteiger partial charge in [0.25, 0.3) is 0 Å². The zero-order chi connectivity index (χ0) is 18.5. The molecule has 3 amide bonds. The second-order valence-electron chi connectivity index (χ2n) is 6.43. The summed E-state index contributed by atoms with van der Waals surface area (Å²) in [5.41, 5.74) is 7.23. The average molecular weight is 356 g/mol. The molecular weight excluding hydrogens is 332 g/mol. The highest BCUT2D eigenvalue weighted by atomic mass is 16.2. The highest BCUT2D eigenvalue weighted by Gasteiger charge is 2.25. The fourth-order valence-corrected chi connectivity index (χ4v) is 3.19. The zero-order valence-electron chi connectivity index (χ0n) is 14.8. The van der Waals surface area contributed by atoms with Crippen LogP contribution in [-0.4, -0.2) is 46.3 Å². The third-order valence-corrected chi connectivity index (χ3v) is 4.53. The number of nitrogens with zero attached hydrogens (tertiary/aromatic N) is 3. The van der Waals surface area contributed by atoms with Gasteiger partial charge in [-0.2, -0.15) is 5.10 Å². The highest BCUT2D eigenvalue weighted by Crippen LogP contribution is 2.25. The number of nitrogens with two attached hydrogens (primary N) is 1. The van der Waals surface area contributed by atoms with Gasteiger partial charge in [0.2, 0.25) is 5.91 Å². The van der Waals surface area contributed by atoms with Crippen LogP contribution in [0.1, 0.15) is 24.4 Å². The van der Waals surface area contributed by atoms with Gasteiger partial charge in [0.1, 0.15) is 5.82 Å². The Hall–Kier alpha value is -2.87. The first-order valence-electron chi connectivity index (χ1n) is 8.73. The molecule has 8 nitrogen and oxygen atoms in total. The van der Waals surface area contributed by atoms with E-state index in [1.54, 1.807) is 17.2 Å². The Labute approximate surface area is 152 Å². The predicted octanol–water partition coefficient (Wildman–Crippen LogP) is 1.96. The molecule has 0 unspecified atom stereocenters. The maximum Gasteiger partial charge on any atom is 0.324 e. The van der Waals surface area contributed by atoms with E-state index in [-0.39, 0.29) is 24.5 Å². The quantitative estimate of drug-likeness (QED) is 0.778. The monoisotopic (exact) mass is 356 g/mol. The molecule has 4 N–H and O–H groups in total. The van der Waals surface area contributed by atoms with Gasteiger partial charge >= 0.3 is 6.03 Å². The second-order valence-corrected chi connectivity index (χ2v) is 6.43. The topological polar surface area (TPSA) is 105 Å². The molecule has 0 radical (unpaired) electrons. The number of likely N-dealkylation sites (tertiary alicyclic amines) is 1. The summed E-state index contributed by atoms with van der Waals surface area (Å²) in [4.78, 5) is 25.7. The number of carbonyl (C=O) groups excluding carboxylic acids is 2. The lowest BCUT2D eigenvalue weighted by Crippen LogP contribution is -2.42. The fraction of sp³-hybridized carbons (Fsp3) is 0.389. The molecule has 2 aromatic rings. The molecule has 3 rings (SSSR count). The number of urea groups is 1. The molecule has 0 bridgehead atoms. The minimum absolute atomic E-state index is 0.0280. The Morgan fingerprint density at radius 2 is 2.00 bits per heavy atom. The van der Waals surface area contributed by atoms with Crippen LogP contribution in [0.25, 0.3) is 0 Å². The number of hydrogen-bond donors (Lipinski definition) is 3. The minimum Gasteiger partial charge on any atom is -0.341 e. The predicted molar refractivity (Wildman–Crippen MR) is 100.0 cm³/mol. The van der Waals surface area contributed by atoms with E-state index in [0.717, 1.165) is 24.1 Å². The van der Waals surface area contributed by atoms with E-state index in [0.29, 0.717) is 18.9 Å². The van der Waals surface area contributed by atoms with Crippen LogP contribution < -0.4 is 16.4 Å². The van der Waals surface area contributed by atoms with Crippen molar-refractivity contribution < 1.29 is 9.59 Å². The Kier molecular flexibility index (Phi) is 5.52. The van der Waals surface area contributed by atoms with E-state index in [4.69, 9.17) is 5.73 Å². The number of hydrogen-bond acceptors (Lipinski definition) is 4. The maximum atomic E-state index is 12.3. The van der Waals surface area contributed by atoms with Gasteiger partial charge in [0.15, 0.2) is 0 Å². The van der Waals surface area contributed by atoms with Crippen LogP contribution in [0, 0.1) is 6.92 Å². The summed E-state index contributed by atoms with van der Waals surface area (Å²) in [6.45, 7) is 3.31. The lowest BCUT2D eigenvalue weighted by atomic mass is 10.1. The molecule has 0 atom stereocenters. The maximum absolute atomic E-state index is 12.3. The van der Waals surface area contributed by atoms with Crippen LogP contribution in [0.15, 0.2) is 36.5 Å². The number of anilines is 2. The smallest absolute Gasteiger partial charge is 0.324 e. The molecule has 138 valence electrons. The summed E-state index contributed by atoms with van der Waals surface area (Å²) in [7, 11) is 0. The van der Waals surface area contributed by atoms with Crippen molar-refractivity contribution >= 4 is 23.4 Å². The number of benzene rings is 1. The van der Waals surface area contributed by atoms with Crippen molar-refractivity contribution in [2.45, 2.75) is 25.8 Å². The summed E-state index contributed by atoms with van der Waals surface area (Å²) in [5, 5.41) is 10.0. The van der Waals surface area contributed by atoms with Crippen molar-refractivity contribution in [3.05, 3.63) is 42.1 Å². The number of aromatic nitrogens is 2. The Bertz CT molecular complexity index is 779. The van der Waals surface area contributed by atoms with E-state index in [1.165, 1.54) is 0 Å². The standard InChI is InChI=1S/C18H24N6O2/c1-13-3-2-4-14(11-13)21-18(26)22-16-5-8-20-24(16)15-6-9-23(10-7-15)17(25)12-19/h2-5,8,11,15H,6-7,9-10,12,19H2,1H3,(H2,21,22,26). The number of rotatable bonds is 4. The Morgan fingerprint density at radius 1 is 1.23 bits per heavy atom. The lowest BCUT2D eigenvalue weighted by Gasteiger charge is -2.32. The first kappa shape index (κ1) is 17.9. The molecule has 1 aromatic heterocycles. The molecule has 2 heterocycles. The molecule has 1 aromatic carbocycles. The summed E-state index contributed by atoms with van der Waals surface area (Å²) in [5.74, 6) is 0.610. The third kappa shape index (κ3) is 4.20. The molecule has 1 fully saturated rings. The number of carbonyl (C=O) groups is 2. The van der Waals surface area contributed by atoms with Crippen LogP contribution >= 0.6 is 0 Å². The SMILES string of the molecule is Cc1cccc(NC(=O)Nc2ccnn2C2CCN(C(=O)CN)CC2)c1. The van der Waals surface area contributed by atoms with E-state index in [9.17, 15) is 9.59 Å². The van der Waals surface area contributed by atoms with Crippen LogP contribution in [-0.2, 0) is 4.79 Å². The van der Waals surface area contributed by atoms with Crippen LogP contribution in [0.4, 0.5) is 16.3 Å². The van der Waals surface area contributed by atoms with Crippen LogP contribution in [0.5, 0.6) is 0 Å². The minimum atomic E-state index is -0.312. The normalized spacial score (nSPS) is 14.9. The number of amides is 3. The highest BCUT2D eigenvalue weighted by molar-refractivity contribution is 5.99. The molecule has 1 aliphatic rings. The van der Waals surface area contributed by atoms with Gasteiger partial charge in [0, 0.05) is 24.8 Å². The molecule has 1 saturated heterocycles. The summed E-state index contributed by atoms with van der Waals surface area (Å²) < 4.78 is 1.82. The summed E-state index contributed by atoms with van der Waals surface area (Å²) in [6, 6.07) is 9.21. The van der Waals surface area contributed by atoms with Crippen molar-refractivity contribution in [1.29, 1.82) is 0 Å². The van der Waals surface area contributed by atoms with Crippen molar-refractivity contribution in [2.24, 2.45) is 5.73 Å². The number of aryl methyl sites for hydroxylation is 1. The van der Waals surface area contributed by atoms with Crippen LogP contribution in [0.2, 0.25) is 0 Å². The van der Waals surface area contributed by atoms with Crippen molar-refractivity contribution in [1.82, 2.24) is 14.7 Å². The Balaban J connectivity index is 1.60. The van der Waals surface area contributed by atoms with Gasteiger partial charge in [-0.05, 0) is 37.5 Å². The van der Waals surface area contributed by atoms with Gasteiger partial charge in [-0.15, -0.1) is 0 Å². The first-order valence-corrected chi connectivity index (χ1v) is 8.73. The average Bonchev–Trinajstić information content (AvgIpc) is 3.09. The zero-order valence-corrected chi connectivity index (χ0v) is 14.8. The molecule has 0 saturated carbocycles. The largest absolute Gasteiger partial charge is 0.341 e. The van der Waals surface area contributed by atoms with Gasteiger partial charge in [-0.25, -0.2) is 9.48 Å². The molecule has 26 heavy (non-hydrogen) atoms. The first-order chi connectivity index (χ1) is 12.6. The molecule has 0 spiro atoms. The molecular formula is C18H24N6O2. The second kappa shape index (κ2) is 8.01. The lowest BCUT2D eigenvalue weighted by molar-refractivity contribution is -0.130. The molecule has 8 heteroatoms. The fourth-order valence-electron chi connectivity index (χ4n) is 3.19. The van der Waals surface area contributed by atoms with Crippen molar-refractivity contribution in [2.75, 3.05) is 30.3 Å².